The van der Waals surface area contributed by atoms with Crippen LogP contribution in [0, 0.1) is 13.8 Å². The highest BCUT2D eigenvalue weighted by molar-refractivity contribution is 5.68. The molecule has 0 radical (unpaired) electrons. The second-order valence-electron chi connectivity index (χ2n) is 4.25. The molecule has 0 bridgehead atoms. The monoisotopic (exact) mass is 252 g/mol. The van der Waals surface area contributed by atoms with Crippen LogP contribution in [0.1, 0.15) is 36.6 Å². The van der Waals surface area contributed by atoms with Gasteiger partial charge in [-0.15, -0.1) is 0 Å². The second kappa shape index (κ2) is 6.40. The number of benzene rings is 1. The van der Waals surface area contributed by atoms with E-state index in [9.17, 15) is 4.79 Å². The first-order valence-electron chi connectivity index (χ1n) is 6.03. The fraction of sp³-hybridized carbons (Fsp3) is 0.500. The van der Waals surface area contributed by atoms with E-state index in [1.165, 1.54) is 0 Å². The van der Waals surface area contributed by atoms with Crippen molar-refractivity contribution in [2.24, 2.45) is 0 Å². The Labute approximate surface area is 108 Å². The molecule has 0 amide bonds. The van der Waals surface area contributed by atoms with Gasteiger partial charge in [-0.3, -0.25) is 0 Å². The summed E-state index contributed by atoms with van der Waals surface area (Å²) in [7, 11) is 0. The van der Waals surface area contributed by atoms with Gasteiger partial charge in [0.2, 0.25) is 0 Å². The average Bonchev–Trinajstić information content (AvgIpc) is 2.30. The number of ether oxygens (including phenoxy) is 2. The van der Waals surface area contributed by atoms with E-state index in [2.05, 4.69) is 0 Å². The van der Waals surface area contributed by atoms with Crippen molar-refractivity contribution < 1.29 is 19.4 Å². The maximum Gasteiger partial charge on any atom is 0.329 e. The lowest BCUT2D eigenvalue weighted by atomic mass is 10.0. The molecule has 1 rings (SSSR count). The van der Waals surface area contributed by atoms with Gasteiger partial charge in [-0.25, -0.2) is 4.79 Å². The van der Waals surface area contributed by atoms with Gasteiger partial charge < -0.3 is 14.6 Å². The van der Waals surface area contributed by atoms with Gasteiger partial charge in [-0.05, 0) is 56.5 Å². The molecule has 0 heterocycles. The molecular formula is C14H20O4. The molecule has 0 saturated heterocycles. The Hall–Kier alpha value is -1.55. The fourth-order valence-electron chi connectivity index (χ4n) is 1.85. The van der Waals surface area contributed by atoms with Gasteiger partial charge in [0, 0.05) is 0 Å². The van der Waals surface area contributed by atoms with Gasteiger partial charge >= 0.3 is 5.97 Å². The SMILES string of the molecule is CCOc1cc(C)c(C(C)OCC(=O)O)cc1C. The highest BCUT2D eigenvalue weighted by Crippen LogP contribution is 2.28. The Bertz CT molecular complexity index is 426. The molecule has 4 heteroatoms. The minimum Gasteiger partial charge on any atom is -0.494 e. The summed E-state index contributed by atoms with van der Waals surface area (Å²) >= 11 is 0. The number of hydrogen-bond donors (Lipinski definition) is 1. The van der Waals surface area contributed by atoms with E-state index < -0.39 is 5.97 Å². The average molecular weight is 252 g/mol. The molecule has 0 fully saturated rings. The largest absolute Gasteiger partial charge is 0.494 e. The molecule has 4 nitrogen and oxygen atoms in total. The summed E-state index contributed by atoms with van der Waals surface area (Å²) in [5, 5.41) is 8.60. The summed E-state index contributed by atoms with van der Waals surface area (Å²) < 4.78 is 10.8. The maximum atomic E-state index is 10.5. The molecule has 100 valence electrons. The third-order valence-corrected chi connectivity index (χ3v) is 2.76. The third kappa shape index (κ3) is 3.74. The van der Waals surface area contributed by atoms with Crippen LogP contribution < -0.4 is 4.74 Å². The topological polar surface area (TPSA) is 55.8 Å². The third-order valence-electron chi connectivity index (χ3n) is 2.76. The van der Waals surface area contributed by atoms with Crippen molar-refractivity contribution in [1.29, 1.82) is 0 Å². The lowest BCUT2D eigenvalue weighted by Gasteiger charge is -2.17. The summed E-state index contributed by atoms with van der Waals surface area (Å²) in [5.41, 5.74) is 3.07. The smallest absolute Gasteiger partial charge is 0.329 e. The molecule has 1 N–H and O–H groups in total. The van der Waals surface area contributed by atoms with Crippen molar-refractivity contribution in [2.75, 3.05) is 13.2 Å². The molecule has 0 aromatic heterocycles. The van der Waals surface area contributed by atoms with E-state index in [0.29, 0.717) is 6.61 Å². The highest BCUT2D eigenvalue weighted by Gasteiger charge is 2.13. The van der Waals surface area contributed by atoms with Crippen LogP contribution >= 0.6 is 0 Å². The van der Waals surface area contributed by atoms with E-state index in [-0.39, 0.29) is 12.7 Å². The molecule has 1 unspecified atom stereocenters. The zero-order valence-corrected chi connectivity index (χ0v) is 11.3. The first kappa shape index (κ1) is 14.5. The van der Waals surface area contributed by atoms with Crippen LogP contribution in [0.3, 0.4) is 0 Å². The lowest BCUT2D eigenvalue weighted by Crippen LogP contribution is -2.11. The molecule has 0 aliphatic carbocycles. The van der Waals surface area contributed by atoms with Crippen LogP contribution in [0.4, 0.5) is 0 Å². The molecule has 0 saturated carbocycles. The normalized spacial score (nSPS) is 12.2. The summed E-state index contributed by atoms with van der Waals surface area (Å²) in [6.45, 7) is 8.08. The van der Waals surface area contributed by atoms with Crippen LogP contribution in [-0.4, -0.2) is 24.3 Å². The summed E-state index contributed by atoms with van der Waals surface area (Å²) in [4.78, 5) is 10.5. The Morgan fingerprint density at radius 1 is 1.33 bits per heavy atom. The number of carboxylic acid groups (broad SMARTS) is 1. The number of carboxylic acids is 1. The fourth-order valence-corrected chi connectivity index (χ4v) is 1.85. The van der Waals surface area contributed by atoms with Gasteiger partial charge in [0.05, 0.1) is 12.7 Å². The van der Waals surface area contributed by atoms with Gasteiger partial charge in [0.1, 0.15) is 12.4 Å². The molecule has 0 aliphatic rings. The zero-order chi connectivity index (χ0) is 13.7. The number of rotatable bonds is 6. The van der Waals surface area contributed by atoms with E-state index in [4.69, 9.17) is 14.6 Å². The van der Waals surface area contributed by atoms with Crippen LogP contribution in [0.2, 0.25) is 0 Å². The van der Waals surface area contributed by atoms with Crippen molar-refractivity contribution in [3.63, 3.8) is 0 Å². The van der Waals surface area contributed by atoms with Gasteiger partial charge in [-0.1, -0.05) is 0 Å². The molecule has 1 aromatic rings. The van der Waals surface area contributed by atoms with Crippen molar-refractivity contribution in [3.05, 3.63) is 28.8 Å². The Morgan fingerprint density at radius 2 is 2.00 bits per heavy atom. The van der Waals surface area contributed by atoms with E-state index in [1.807, 2.05) is 39.8 Å². The van der Waals surface area contributed by atoms with Crippen LogP contribution in [0.25, 0.3) is 0 Å². The highest BCUT2D eigenvalue weighted by atomic mass is 16.5. The minimum absolute atomic E-state index is 0.240. The van der Waals surface area contributed by atoms with Crippen LogP contribution in [-0.2, 0) is 9.53 Å². The Kier molecular flexibility index (Phi) is 5.16. The maximum absolute atomic E-state index is 10.5. The van der Waals surface area contributed by atoms with Gasteiger partial charge in [0.25, 0.3) is 0 Å². The molecular weight excluding hydrogens is 232 g/mol. The predicted octanol–water partition coefficient (Wildman–Crippen LogP) is 2.86. The minimum atomic E-state index is -0.956. The van der Waals surface area contributed by atoms with Crippen molar-refractivity contribution in [2.45, 2.75) is 33.8 Å². The summed E-state index contributed by atoms with van der Waals surface area (Å²) in [6, 6.07) is 3.96. The molecule has 1 atom stereocenters. The zero-order valence-electron chi connectivity index (χ0n) is 11.3. The van der Waals surface area contributed by atoms with Gasteiger partial charge in [-0.2, -0.15) is 0 Å². The number of hydrogen-bond acceptors (Lipinski definition) is 3. The molecule has 18 heavy (non-hydrogen) atoms. The predicted molar refractivity (Wildman–Crippen MR) is 69.1 cm³/mol. The molecule has 0 aliphatic heterocycles. The Morgan fingerprint density at radius 3 is 2.56 bits per heavy atom. The number of aliphatic carboxylic acids is 1. The van der Waals surface area contributed by atoms with E-state index in [1.54, 1.807) is 0 Å². The van der Waals surface area contributed by atoms with E-state index >= 15 is 0 Å². The van der Waals surface area contributed by atoms with Crippen molar-refractivity contribution in [1.82, 2.24) is 0 Å². The second-order valence-corrected chi connectivity index (χ2v) is 4.25. The first-order chi connectivity index (χ1) is 8.45. The van der Waals surface area contributed by atoms with Crippen LogP contribution in [0.5, 0.6) is 5.75 Å². The van der Waals surface area contributed by atoms with Crippen molar-refractivity contribution in [3.8, 4) is 5.75 Å². The quantitative estimate of drug-likeness (QED) is 0.845. The molecule has 1 aromatic carbocycles. The first-order valence-corrected chi connectivity index (χ1v) is 6.03. The lowest BCUT2D eigenvalue weighted by molar-refractivity contribution is -0.144. The van der Waals surface area contributed by atoms with Crippen LogP contribution in [0.15, 0.2) is 12.1 Å². The van der Waals surface area contributed by atoms with E-state index in [0.717, 1.165) is 22.4 Å². The Balaban J connectivity index is 2.89. The summed E-state index contributed by atoms with van der Waals surface area (Å²) in [6.07, 6.45) is -0.240. The summed E-state index contributed by atoms with van der Waals surface area (Å²) in [5.74, 6) is -0.0913. The number of aryl methyl sites for hydroxylation is 2. The van der Waals surface area contributed by atoms with Crippen molar-refractivity contribution >= 4 is 5.97 Å². The molecule has 0 spiro atoms. The number of carbonyl (C=O) groups is 1. The standard InChI is InChI=1S/C14H20O4/c1-5-17-13-7-9(2)12(6-10(13)3)11(4)18-8-14(15)16/h6-7,11H,5,8H2,1-4H3,(H,15,16). The van der Waals surface area contributed by atoms with Gasteiger partial charge in [0.15, 0.2) is 0 Å².